The van der Waals surface area contributed by atoms with Gasteiger partial charge in [-0.05, 0) is 73.4 Å². The molecule has 0 radical (unpaired) electrons. The molecule has 42 heavy (non-hydrogen) atoms. The Hall–Kier alpha value is -3.83. The molecule has 226 valence electrons. The highest BCUT2D eigenvalue weighted by Gasteiger charge is 2.31. The Kier molecular flexibility index (Phi) is 9.32. The number of carboxylic acids is 1. The Bertz CT molecular complexity index is 1540. The first-order valence-electron chi connectivity index (χ1n) is 13.7. The molecule has 0 aliphatic heterocycles. The summed E-state index contributed by atoms with van der Waals surface area (Å²) in [5.41, 5.74) is 4.56. The second-order valence-corrected chi connectivity index (χ2v) is 12.8. The topological polar surface area (TPSA) is 144 Å². The Morgan fingerprint density at radius 2 is 1.64 bits per heavy atom. The quantitative estimate of drug-likeness (QED) is 0.287. The molecule has 10 nitrogen and oxygen atoms in total. The van der Waals surface area contributed by atoms with Crippen LogP contribution in [0.25, 0.3) is 0 Å². The number of rotatable bonds is 12. The van der Waals surface area contributed by atoms with Crippen molar-refractivity contribution >= 4 is 21.9 Å². The summed E-state index contributed by atoms with van der Waals surface area (Å²) < 4.78 is 37.8. The van der Waals surface area contributed by atoms with Crippen molar-refractivity contribution in [2.75, 3.05) is 20.5 Å². The second-order valence-electron chi connectivity index (χ2n) is 11.1. The fourth-order valence-corrected chi connectivity index (χ4v) is 6.59. The van der Waals surface area contributed by atoms with Gasteiger partial charge in [-0.25, -0.2) is 13.2 Å². The number of aromatic nitrogens is 1. The van der Waals surface area contributed by atoms with Crippen LogP contribution in [-0.4, -0.2) is 55.5 Å². The summed E-state index contributed by atoms with van der Waals surface area (Å²) in [6.45, 7) is 3.79. The lowest BCUT2D eigenvalue weighted by Gasteiger charge is -2.28. The molecule has 4 rings (SSSR count). The number of ether oxygens (including phenoxy) is 2. The fraction of sp³-hybridized carbons (Fsp3) is 0.419. The minimum atomic E-state index is -3.80. The van der Waals surface area contributed by atoms with Crippen LogP contribution in [0.1, 0.15) is 56.4 Å². The van der Waals surface area contributed by atoms with Crippen LogP contribution >= 0.6 is 0 Å². The molecule has 0 fully saturated rings. The molecule has 1 aliphatic rings. The zero-order valence-corrected chi connectivity index (χ0v) is 25.3. The lowest BCUT2D eigenvalue weighted by Crippen LogP contribution is -2.30. The van der Waals surface area contributed by atoms with Crippen molar-refractivity contribution < 1.29 is 37.7 Å². The number of aliphatic hydroxyl groups excluding tert-OH is 1. The van der Waals surface area contributed by atoms with E-state index in [4.69, 9.17) is 9.47 Å². The van der Waals surface area contributed by atoms with Crippen LogP contribution in [0.3, 0.4) is 0 Å². The van der Waals surface area contributed by atoms with Gasteiger partial charge in [-0.1, -0.05) is 24.3 Å². The maximum absolute atomic E-state index is 12.4. The van der Waals surface area contributed by atoms with Crippen LogP contribution < -0.4 is 14.2 Å². The molecule has 1 aromatic heterocycles. The number of fused-ring (bicyclic) bond motifs is 1. The van der Waals surface area contributed by atoms with E-state index in [9.17, 15) is 28.2 Å². The highest BCUT2D eigenvalue weighted by molar-refractivity contribution is 7.89. The number of nitrogens with one attached hydrogen (secondary N) is 1. The molecule has 2 atom stereocenters. The lowest BCUT2D eigenvalue weighted by molar-refractivity contribution is -0.118. The first-order valence-corrected chi connectivity index (χ1v) is 15.6. The number of carbonyl (C=O) groups excluding carboxylic acids is 1. The molecule has 1 aliphatic carbocycles. The zero-order chi connectivity index (χ0) is 30.8. The van der Waals surface area contributed by atoms with Crippen molar-refractivity contribution in [1.29, 1.82) is 0 Å². The Labute approximate surface area is 246 Å². The van der Waals surface area contributed by atoms with Gasteiger partial charge in [0.2, 0.25) is 15.9 Å². The zero-order valence-electron chi connectivity index (χ0n) is 24.5. The van der Waals surface area contributed by atoms with E-state index in [2.05, 4.69) is 12.1 Å². The normalized spacial score (nSPS) is 14.7. The lowest BCUT2D eigenvalue weighted by atomic mass is 9.85. The molecule has 0 saturated carbocycles. The first kappa shape index (κ1) is 31.1. The number of methoxy groups -OCH3 is 2. The van der Waals surface area contributed by atoms with Crippen LogP contribution in [0, 0.1) is 25.7 Å². The van der Waals surface area contributed by atoms with Crippen LogP contribution in [0.15, 0.2) is 42.6 Å². The van der Waals surface area contributed by atoms with Crippen LogP contribution in [0.2, 0.25) is 0 Å². The third-order valence-electron chi connectivity index (χ3n) is 8.05. The highest BCUT2D eigenvalue weighted by Crippen LogP contribution is 2.39. The van der Waals surface area contributed by atoms with Crippen LogP contribution in [-0.2, 0) is 40.6 Å². The SMILES string of the molecule is COc1cc([C@@H](O)[C@@H](CC2Cc3ccccc3C2)Cn2cc(CC(=O)NS(C)(=O)=O)c(C(=O)O)c2C)cc(OC)c1C. The predicted octanol–water partition coefficient (Wildman–Crippen LogP) is 3.59. The van der Waals surface area contributed by atoms with E-state index >= 15 is 0 Å². The van der Waals surface area contributed by atoms with E-state index < -0.39 is 34.4 Å². The summed E-state index contributed by atoms with van der Waals surface area (Å²) in [4.78, 5) is 24.6. The fourth-order valence-electron chi connectivity index (χ4n) is 6.11. The molecule has 1 amide bonds. The summed E-state index contributed by atoms with van der Waals surface area (Å²) in [7, 11) is -0.681. The highest BCUT2D eigenvalue weighted by atomic mass is 32.2. The summed E-state index contributed by atoms with van der Waals surface area (Å²) in [5.74, 6) is -0.946. The third-order valence-corrected chi connectivity index (χ3v) is 8.65. The average molecular weight is 599 g/mol. The molecule has 0 bridgehead atoms. The molecular formula is C31H38N2O8S. The van der Waals surface area contributed by atoms with Crippen LogP contribution in [0.5, 0.6) is 11.5 Å². The summed E-state index contributed by atoms with van der Waals surface area (Å²) >= 11 is 0. The Balaban J connectivity index is 1.70. The number of hydrogen-bond donors (Lipinski definition) is 3. The van der Waals surface area contributed by atoms with Gasteiger partial charge in [-0.2, -0.15) is 0 Å². The number of nitrogens with zero attached hydrogens (tertiary/aromatic N) is 1. The largest absolute Gasteiger partial charge is 0.496 e. The van der Waals surface area contributed by atoms with Gasteiger partial charge in [0, 0.05) is 29.9 Å². The van der Waals surface area contributed by atoms with Crippen molar-refractivity contribution in [2.24, 2.45) is 11.8 Å². The second kappa shape index (κ2) is 12.6. The average Bonchev–Trinajstić information content (AvgIpc) is 3.46. The van der Waals surface area contributed by atoms with E-state index in [0.29, 0.717) is 29.2 Å². The van der Waals surface area contributed by atoms with E-state index in [1.165, 1.54) is 11.1 Å². The molecule has 0 unspecified atom stereocenters. The molecule has 3 N–H and O–H groups in total. The van der Waals surface area contributed by atoms with Crippen molar-refractivity contribution in [3.8, 4) is 11.5 Å². The smallest absolute Gasteiger partial charge is 0.337 e. The van der Waals surface area contributed by atoms with E-state index in [-0.39, 0.29) is 29.5 Å². The van der Waals surface area contributed by atoms with Crippen molar-refractivity contribution in [3.05, 3.63) is 81.7 Å². The van der Waals surface area contributed by atoms with Gasteiger partial charge in [-0.15, -0.1) is 0 Å². The number of carbonyl (C=O) groups is 2. The molecule has 1 heterocycles. The van der Waals surface area contributed by atoms with Gasteiger partial charge in [0.25, 0.3) is 0 Å². The summed E-state index contributed by atoms with van der Waals surface area (Å²) in [6.07, 6.45) is 3.48. The minimum absolute atomic E-state index is 0.0566. The number of aromatic carboxylic acids is 1. The maximum Gasteiger partial charge on any atom is 0.337 e. The van der Waals surface area contributed by atoms with Crippen molar-refractivity contribution in [1.82, 2.24) is 9.29 Å². The van der Waals surface area contributed by atoms with E-state index in [1.54, 1.807) is 44.0 Å². The van der Waals surface area contributed by atoms with Gasteiger partial charge in [0.05, 0.1) is 38.6 Å². The number of hydrogen-bond acceptors (Lipinski definition) is 7. The van der Waals surface area contributed by atoms with E-state index in [1.807, 2.05) is 23.8 Å². The molecular weight excluding hydrogens is 560 g/mol. The van der Waals surface area contributed by atoms with Gasteiger partial charge in [0.15, 0.2) is 0 Å². The monoisotopic (exact) mass is 598 g/mol. The van der Waals surface area contributed by atoms with Crippen molar-refractivity contribution in [2.45, 2.75) is 52.2 Å². The maximum atomic E-state index is 12.4. The molecule has 0 spiro atoms. The number of aliphatic hydroxyl groups is 1. The number of benzene rings is 2. The standard InChI is InChI=1S/C31H38N2O8S/c1-18-26(40-3)13-23(14-27(18)41-4)30(35)25(12-20-10-21-8-6-7-9-22(21)11-20)17-33-16-24(29(19(33)2)31(36)37)15-28(34)32-42(5,38)39/h6-9,13-14,16,20,25,30,35H,10-12,15,17H2,1-5H3,(H,32,34)(H,36,37)/t25-,30+/m0/s1. The van der Waals surface area contributed by atoms with Gasteiger partial charge < -0.3 is 24.3 Å². The number of amides is 1. The Morgan fingerprint density at radius 3 is 2.14 bits per heavy atom. The third kappa shape index (κ3) is 6.96. The minimum Gasteiger partial charge on any atom is -0.496 e. The molecule has 3 aromatic rings. The van der Waals surface area contributed by atoms with Crippen molar-refractivity contribution in [3.63, 3.8) is 0 Å². The van der Waals surface area contributed by atoms with Gasteiger partial charge in [0.1, 0.15) is 11.5 Å². The molecule has 2 aromatic carbocycles. The molecule has 11 heteroatoms. The summed E-state index contributed by atoms with van der Waals surface area (Å²) in [5, 5.41) is 21.8. The van der Waals surface area contributed by atoms with Gasteiger partial charge >= 0.3 is 5.97 Å². The first-order chi connectivity index (χ1) is 19.8. The predicted molar refractivity (Wildman–Crippen MR) is 158 cm³/mol. The van der Waals surface area contributed by atoms with E-state index in [0.717, 1.165) is 24.7 Å². The summed E-state index contributed by atoms with van der Waals surface area (Å²) in [6, 6.07) is 11.9. The molecule has 0 saturated heterocycles. The van der Waals surface area contributed by atoms with Gasteiger partial charge in [-0.3, -0.25) is 9.52 Å². The van der Waals surface area contributed by atoms with Crippen LogP contribution in [0.4, 0.5) is 0 Å². The number of carboxylic acid groups (broad SMARTS) is 1. The Morgan fingerprint density at radius 1 is 1.07 bits per heavy atom. The number of sulfonamides is 1.